The van der Waals surface area contributed by atoms with E-state index in [1.807, 2.05) is 5.32 Å². The largest absolute Gasteiger partial charge is 0.481 e. The number of hydrogen-bond donors (Lipinski definition) is 23. The molecular weight excluding hydrogens is 1570 g/mol. The van der Waals surface area contributed by atoms with Crippen LogP contribution in [0, 0.1) is 17.8 Å². The average Bonchev–Trinajstić information content (AvgIpc) is 1.44. The van der Waals surface area contributed by atoms with Gasteiger partial charge in [-0.3, -0.25) is 81.5 Å². The minimum absolute atomic E-state index is 0.00736. The number of H-pyrrole nitrogens is 1. The zero-order valence-corrected chi connectivity index (χ0v) is 67.6. The highest BCUT2D eigenvalue weighted by Crippen LogP contribution is 2.23. The predicted octanol–water partition coefficient (Wildman–Crippen LogP) is -6.24. The maximum absolute atomic E-state index is 15.2. The molecule has 658 valence electrons. The molecule has 1 aliphatic rings. The number of nitrogens with one attached hydrogen (secondary N) is 14. The van der Waals surface area contributed by atoms with Crippen LogP contribution in [0.5, 0.6) is 0 Å². The summed E-state index contributed by atoms with van der Waals surface area (Å²) >= 11 is 0. The van der Waals surface area contributed by atoms with Gasteiger partial charge in [0.1, 0.15) is 85.1 Å². The number of carboxylic acid groups (broad SMARTS) is 2. The van der Waals surface area contributed by atoms with Crippen LogP contribution in [0.4, 0.5) is 0 Å². The lowest BCUT2D eigenvalue weighted by atomic mass is 9.97. The molecule has 1 aliphatic heterocycles. The quantitative estimate of drug-likeness (QED) is 0.0196. The molecule has 5 rings (SSSR count). The Morgan fingerprint density at radius 3 is 1.27 bits per heavy atom. The molecule has 0 saturated carbocycles. The standard InChI is InChI=1S/C79H113N17O24/c1-7-43(6)65(78(119)93-59(39-100)75(116)90-56(36-97)67(108)83-35-64(105)106)95-77(118)61-23-16-28-96(61)79(120)60(40-101)94-76(117)58(38-99)92-74(115)57(37-98)91-70(111)52(30-42(4)5)86-71(112)53(31-44-17-10-8-11-18-44)87-72(113)54(32-45-19-12-9-13-20-45)88-73(114)55(33-46-34-82-49-22-15-14-21-47(46)49)89-69(110)51(29-41(2)3)85-68(109)50(25-27-63(103)104)84-66(107)48(80)24-26-62(81)102/h8-15,17-22,34,41-43,48,50-61,65,82,97-101H,7,16,23-33,35-40,80H2,1-6H3,(H2,81,102)(H,83,108)(H,84,107)(H,85,109)(H,86,112)(H,87,113)(H,88,114)(H,89,110)(H,90,116)(H,91,111)(H,92,115)(H,93,119)(H,94,117)(H,95,118)(H,103,104)(H,105,106)/t43-,48-,50-,51-,52-,53-,54-,55-,56-,57-,58-,59-,60-,61-,65-/m0/s1. The Hall–Kier alpha value is -12.0. The first-order chi connectivity index (χ1) is 56.9. The molecule has 0 unspecified atom stereocenters. The van der Waals surface area contributed by atoms with Crippen molar-refractivity contribution in [2.24, 2.45) is 29.2 Å². The molecule has 1 fully saturated rings. The molecule has 4 aromatic rings. The first-order valence-corrected chi connectivity index (χ1v) is 39.3. The summed E-state index contributed by atoms with van der Waals surface area (Å²) < 4.78 is 0. The molecule has 0 spiro atoms. The summed E-state index contributed by atoms with van der Waals surface area (Å²) in [6.45, 7) is 3.56. The van der Waals surface area contributed by atoms with Gasteiger partial charge in [0, 0.05) is 55.7 Å². The first kappa shape index (κ1) is 98.5. The number of carbonyl (C=O) groups excluding carboxylic acids is 15. The number of fused-ring (bicyclic) bond motifs is 1. The summed E-state index contributed by atoms with van der Waals surface area (Å²) in [4.78, 5) is 236. The van der Waals surface area contributed by atoms with Crippen LogP contribution in [0.3, 0.4) is 0 Å². The van der Waals surface area contributed by atoms with E-state index in [4.69, 9.17) is 16.6 Å². The van der Waals surface area contributed by atoms with Gasteiger partial charge in [0.05, 0.1) is 39.1 Å². The van der Waals surface area contributed by atoms with E-state index in [1.54, 1.807) is 133 Å². The van der Waals surface area contributed by atoms with Gasteiger partial charge in [-0.1, -0.05) is 127 Å². The molecule has 0 aliphatic carbocycles. The van der Waals surface area contributed by atoms with Crippen molar-refractivity contribution in [3.63, 3.8) is 0 Å². The summed E-state index contributed by atoms with van der Waals surface area (Å²) in [7, 11) is 0. The van der Waals surface area contributed by atoms with E-state index in [0.29, 0.717) is 27.6 Å². The number of carbonyl (C=O) groups is 17. The number of aliphatic carboxylic acids is 2. The lowest BCUT2D eigenvalue weighted by Gasteiger charge is -2.31. The molecule has 0 radical (unpaired) electrons. The zero-order valence-electron chi connectivity index (χ0n) is 67.6. The van der Waals surface area contributed by atoms with Crippen molar-refractivity contribution in [2.45, 2.75) is 203 Å². The Labute approximate surface area is 691 Å². The van der Waals surface area contributed by atoms with Crippen molar-refractivity contribution in [3.8, 4) is 0 Å². The van der Waals surface area contributed by atoms with E-state index in [1.165, 1.54) is 0 Å². The molecule has 0 bridgehead atoms. The fraction of sp³-hybridized carbons (Fsp3) is 0.532. The van der Waals surface area contributed by atoms with Crippen molar-refractivity contribution in [1.29, 1.82) is 0 Å². The Bertz CT molecular complexity index is 4190. The second-order valence-corrected chi connectivity index (χ2v) is 30.0. The van der Waals surface area contributed by atoms with E-state index < -0.39 is 249 Å². The van der Waals surface area contributed by atoms with Crippen LogP contribution in [-0.2, 0) is 101 Å². The average molecular weight is 1680 g/mol. The number of para-hydroxylation sites is 1. The highest BCUT2D eigenvalue weighted by atomic mass is 16.4. The van der Waals surface area contributed by atoms with Crippen LogP contribution in [-0.4, -0.2) is 277 Å². The number of amides is 15. The third-order valence-corrected chi connectivity index (χ3v) is 19.7. The number of aliphatic hydroxyl groups excluding tert-OH is 5. The third-order valence-electron chi connectivity index (χ3n) is 19.7. The Morgan fingerprint density at radius 2 is 0.833 bits per heavy atom. The van der Waals surface area contributed by atoms with E-state index in [9.17, 15) is 103 Å². The zero-order chi connectivity index (χ0) is 89.0. The number of carboxylic acids is 2. The molecule has 120 heavy (non-hydrogen) atoms. The molecule has 1 saturated heterocycles. The monoisotopic (exact) mass is 1680 g/mol. The normalized spacial score (nSPS) is 16.0. The van der Waals surface area contributed by atoms with Crippen LogP contribution >= 0.6 is 0 Å². The van der Waals surface area contributed by atoms with Crippen LogP contribution in [0.2, 0.25) is 0 Å². The summed E-state index contributed by atoms with van der Waals surface area (Å²) in [6.07, 6.45) is -0.451. The Kier molecular flexibility index (Phi) is 40.5. The van der Waals surface area contributed by atoms with Crippen molar-refractivity contribution >= 4 is 111 Å². The first-order valence-electron chi connectivity index (χ1n) is 39.3. The van der Waals surface area contributed by atoms with Crippen LogP contribution < -0.4 is 80.6 Å². The van der Waals surface area contributed by atoms with Gasteiger partial charge < -0.3 is 126 Å². The van der Waals surface area contributed by atoms with Gasteiger partial charge in [0.15, 0.2) is 0 Å². The number of likely N-dealkylation sites (tertiary alicyclic amines) is 1. The van der Waals surface area contributed by atoms with Gasteiger partial charge in [-0.2, -0.15) is 0 Å². The van der Waals surface area contributed by atoms with Gasteiger partial charge in [-0.25, -0.2) is 0 Å². The summed E-state index contributed by atoms with van der Waals surface area (Å²) in [5.74, 6) is -19.4. The van der Waals surface area contributed by atoms with Gasteiger partial charge in [-0.15, -0.1) is 0 Å². The van der Waals surface area contributed by atoms with Gasteiger partial charge in [-0.05, 0) is 79.0 Å². The second kappa shape index (κ2) is 49.4. The second-order valence-electron chi connectivity index (χ2n) is 30.0. The SMILES string of the molecule is CC[C@H](C)[C@H](NC(=O)[C@@H]1CCCN1C(=O)[C@H](CO)NC(=O)[C@H](CO)NC(=O)[C@H](CO)NC(=O)[C@H](CC(C)C)NC(=O)[C@H](Cc1ccccc1)NC(=O)[C@H](Cc1ccccc1)NC(=O)[C@H](Cc1c[nH]c2ccccc12)NC(=O)[C@H](CC(C)C)NC(=O)[C@H](CCC(=O)O)NC(=O)[C@@H](N)CCC(N)=O)C(=O)N[C@@H](CO)C(=O)N[C@@H](CO)C(=O)NCC(=O)O. The molecule has 3 aromatic carbocycles. The minimum atomic E-state index is -1.96. The lowest BCUT2D eigenvalue weighted by Crippen LogP contribution is -2.62. The highest BCUT2D eigenvalue weighted by Gasteiger charge is 2.43. The molecule has 41 nitrogen and oxygen atoms in total. The van der Waals surface area contributed by atoms with Crippen LogP contribution in [0.15, 0.2) is 91.1 Å². The van der Waals surface area contributed by atoms with E-state index >= 15 is 9.59 Å². The highest BCUT2D eigenvalue weighted by molar-refractivity contribution is 6.01. The molecule has 41 heteroatoms. The van der Waals surface area contributed by atoms with Crippen molar-refractivity contribution < 1.29 is 117 Å². The van der Waals surface area contributed by atoms with E-state index in [0.717, 1.165) is 4.90 Å². The number of hydrogen-bond acceptors (Lipinski definition) is 23. The van der Waals surface area contributed by atoms with Gasteiger partial charge in [0.2, 0.25) is 88.6 Å². The van der Waals surface area contributed by atoms with Crippen LogP contribution in [0.1, 0.15) is 116 Å². The molecule has 2 heterocycles. The number of benzene rings is 3. The molecule has 15 amide bonds. The molecule has 25 N–H and O–H groups in total. The van der Waals surface area contributed by atoms with E-state index in [2.05, 4.69) is 68.8 Å². The maximum atomic E-state index is 15.2. The van der Waals surface area contributed by atoms with Gasteiger partial charge in [0.25, 0.3) is 0 Å². The number of rotatable bonds is 51. The smallest absolute Gasteiger partial charge is 0.322 e. The summed E-state index contributed by atoms with van der Waals surface area (Å²) in [5.41, 5.74) is 13.4. The lowest BCUT2D eigenvalue weighted by molar-refractivity contribution is -0.144. The van der Waals surface area contributed by atoms with Crippen molar-refractivity contribution in [2.75, 3.05) is 46.1 Å². The number of aliphatic hydroxyl groups is 5. The fourth-order valence-corrected chi connectivity index (χ4v) is 12.9. The van der Waals surface area contributed by atoms with Crippen molar-refractivity contribution in [1.82, 2.24) is 79.0 Å². The predicted molar refractivity (Wildman–Crippen MR) is 428 cm³/mol. The fourth-order valence-electron chi connectivity index (χ4n) is 12.9. The number of nitrogens with zero attached hydrogens (tertiary/aromatic N) is 1. The number of aromatic nitrogens is 1. The summed E-state index contributed by atoms with van der Waals surface area (Å²) in [5, 5.41) is 102. The number of nitrogens with two attached hydrogens (primary N) is 2. The molecular formula is C79H113N17O24. The topological polar surface area (TPSA) is 659 Å². The van der Waals surface area contributed by atoms with Crippen LogP contribution in [0.25, 0.3) is 10.9 Å². The Morgan fingerprint density at radius 1 is 0.442 bits per heavy atom. The summed E-state index contributed by atoms with van der Waals surface area (Å²) in [6, 6.07) is 1.15. The van der Waals surface area contributed by atoms with Crippen molar-refractivity contribution in [3.05, 3.63) is 108 Å². The minimum Gasteiger partial charge on any atom is -0.481 e. The third kappa shape index (κ3) is 31.3. The number of primary amides is 1. The number of aromatic amines is 1. The van der Waals surface area contributed by atoms with Gasteiger partial charge >= 0.3 is 11.9 Å². The van der Waals surface area contributed by atoms with E-state index in [-0.39, 0.29) is 76.7 Å². The maximum Gasteiger partial charge on any atom is 0.322 e. The molecule has 1 aromatic heterocycles. The molecule has 15 atom stereocenters. The Balaban J connectivity index is 1.35.